The number of para-hydroxylation sites is 1. The Morgan fingerprint density at radius 2 is 2.17 bits per heavy atom. The number of rotatable bonds is 3. The van der Waals surface area contributed by atoms with Crippen molar-refractivity contribution in [2.45, 2.75) is 51.7 Å². The fraction of sp³-hybridized carbons (Fsp3) is 0.556. The summed E-state index contributed by atoms with van der Waals surface area (Å²) < 4.78 is 0. The van der Waals surface area contributed by atoms with E-state index in [4.69, 9.17) is 0 Å². The number of carbonyl (C=O) groups excluding carboxylic acids is 2. The molecule has 2 N–H and O–H groups in total. The van der Waals surface area contributed by atoms with Crippen LogP contribution in [0, 0.1) is 5.92 Å². The summed E-state index contributed by atoms with van der Waals surface area (Å²) in [5, 5.41) is 6.28. The first-order valence-corrected chi connectivity index (χ1v) is 8.54. The Hall–Kier alpha value is -1.88. The van der Waals surface area contributed by atoms with Gasteiger partial charge in [0.1, 0.15) is 6.04 Å². The molecule has 5 nitrogen and oxygen atoms in total. The molecule has 2 aliphatic rings. The molecule has 3 atom stereocenters. The molecule has 124 valence electrons. The number of nitrogens with zero attached hydrogens (tertiary/aromatic N) is 1. The minimum absolute atomic E-state index is 0.0552. The molecule has 5 heteroatoms. The molecule has 0 spiro atoms. The largest absolute Gasteiger partial charge is 0.325 e. The van der Waals surface area contributed by atoms with Gasteiger partial charge in [-0.3, -0.25) is 9.59 Å². The standard InChI is InChI=1S/C18H25N3O2/c1-3-12(2)16-17(22)20-14-8-5-4-7-13(14)11-21(16)18(23)15-9-6-10-19-15/h4-5,7-8,12,15-16,19H,3,6,9-11H2,1-2H3,(H,20,22)/t12-,15+,16-/m0/s1. The van der Waals surface area contributed by atoms with Crippen LogP contribution in [-0.2, 0) is 16.1 Å². The molecule has 1 aromatic rings. The number of benzene rings is 1. The van der Waals surface area contributed by atoms with Crippen molar-refractivity contribution in [1.82, 2.24) is 10.2 Å². The van der Waals surface area contributed by atoms with Gasteiger partial charge in [0.25, 0.3) is 0 Å². The molecule has 0 aromatic heterocycles. The van der Waals surface area contributed by atoms with Crippen molar-refractivity contribution in [3.63, 3.8) is 0 Å². The van der Waals surface area contributed by atoms with Crippen LogP contribution in [0.3, 0.4) is 0 Å². The lowest BCUT2D eigenvalue weighted by Gasteiger charge is -2.34. The summed E-state index contributed by atoms with van der Waals surface area (Å²) in [7, 11) is 0. The van der Waals surface area contributed by atoms with Gasteiger partial charge in [0.05, 0.1) is 6.04 Å². The first kappa shape index (κ1) is 16.0. The molecule has 0 unspecified atom stereocenters. The van der Waals surface area contributed by atoms with Crippen LogP contribution in [0.25, 0.3) is 0 Å². The van der Waals surface area contributed by atoms with E-state index in [1.807, 2.05) is 31.2 Å². The molecule has 1 aromatic carbocycles. The van der Waals surface area contributed by atoms with Crippen molar-refractivity contribution in [1.29, 1.82) is 0 Å². The van der Waals surface area contributed by atoms with E-state index in [1.54, 1.807) is 4.90 Å². The molecule has 2 aliphatic heterocycles. The van der Waals surface area contributed by atoms with Gasteiger partial charge in [0.15, 0.2) is 0 Å². The number of hydrogen-bond acceptors (Lipinski definition) is 3. The quantitative estimate of drug-likeness (QED) is 0.898. The molecule has 0 saturated carbocycles. The molecule has 2 heterocycles. The van der Waals surface area contributed by atoms with Gasteiger partial charge in [-0.2, -0.15) is 0 Å². The van der Waals surface area contributed by atoms with Crippen LogP contribution in [0.1, 0.15) is 38.7 Å². The van der Waals surface area contributed by atoms with Gasteiger partial charge in [-0.25, -0.2) is 0 Å². The van der Waals surface area contributed by atoms with Gasteiger partial charge >= 0.3 is 0 Å². The average Bonchev–Trinajstić information content (AvgIpc) is 3.04. The van der Waals surface area contributed by atoms with Crippen molar-refractivity contribution in [2.75, 3.05) is 11.9 Å². The summed E-state index contributed by atoms with van der Waals surface area (Å²) in [6.45, 7) is 5.47. The first-order valence-electron chi connectivity index (χ1n) is 8.54. The van der Waals surface area contributed by atoms with Crippen LogP contribution >= 0.6 is 0 Å². The second kappa shape index (κ2) is 6.71. The van der Waals surface area contributed by atoms with Crippen molar-refractivity contribution in [2.24, 2.45) is 5.92 Å². The predicted molar refractivity (Wildman–Crippen MR) is 89.9 cm³/mol. The Bertz CT molecular complexity index is 596. The molecule has 1 fully saturated rings. The fourth-order valence-electron chi connectivity index (χ4n) is 3.51. The summed E-state index contributed by atoms with van der Waals surface area (Å²) in [5.74, 6) is 0.102. The fourth-order valence-corrected chi connectivity index (χ4v) is 3.51. The summed E-state index contributed by atoms with van der Waals surface area (Å²) >= 11 is 0. The highest BCUT2D eigenvalue weighted by Gasteiger charge is 2.39. The van der Waals surface area contributed by atoms with E-state index in [9.17, 15) is 9.59 Å². The Morgan fingerprint density at radius 3 is 2.87 bits per heavy atom. The van der Waals surface area contributed by atoms with Gasteiger partial charge < -0.3 is 15.5 Å². The molecular weight excluding hydrogens is 290 g/mol. The highest BCUT2D eigenvalue weighted by Crippen LogP contribution is 2.28. The van der Waals surface area contributed by atoms with Crippen LogP contribution in [0.4, 0.5) is 5.69 Å². The molecule has 2 amide bonds. The minimum atomic E-state index is -0.415. The highest BCUT2D eigenvalue weighted by atomic mass is 16.2. The van der Waals surface area contributed by atoms with Crippen LogP contribution in [-0.4, -0.2) is 35.3 Å². The Balaban J connectivity index is 1.96. The van der Waals surface area contributed by atoms with Gasteiger partial charge in [-0.05, 0) is 36.9 Å². The van der Waals surface area contributed by atoms with E-state index in [2.05, 4.69) is 17.6 Å². The molecule has 0 aliphatic carbocycles. The Labute approximate surface area is 137 Å². The third-order valence-electron chi connectivity index (χ3n) is 5.04. The van der Waals surface area contributed by atoms with E-state index in [1.165, 1.54) is 0 Å². The number of carbonyl (C=O) groups is 2. The number of nitrogens with one attached hydrogen (secondary N) is 2. The first-order chi connectivity index (χ1) is 11.1. The molecule has 0 radical (unpaired) electrons. The number of fused-ring (bicyclic) bond motifs is 1. The summed E-state index contributed by atoms with van der Waals surface area (Å²) in [4.78, 5) is 27.6. The summed E-state index contributed by atoms with van der Waals surface area (Å²) in [6.07, 6.45) is 2.73. The van der Waals surface area contributed by atoms with Crippen LogP contribution in [0.5, 0.6) is 0 Å². The Morgan fingerprint density at radius 1 is 1.39 bits per heavy atom. The third-order valence-corrected chi connectivity index (χ3v) is 5.04. The average molecular weight is 315 g/mol. The van der Waals surface area contributed by atoms with Crippen molar-refractivity contribution >= 4 is 17.5 Å². The Kier molecular flexibility index (Phi) is 4.66. The molecule has 3 rings (SSSR count). The molecule has 0 bridgehead atoms. The van der Waals surface area contributed by atoms with Gasteiger partial charge in [0.2, 0.25) is 11.8 Å². The third kappa shape index (κ3) is 3.11. The van der Waals surface area contributed by atoms with E-state index in [0.717, 1.165) is 37.1 Å². The van der Waals surface area contributed by atoms with Crippen molar-refractivity contribution in [3.05, 3.63) is 29.8 Å². The summed E-state index contributed by atoms with van der Waals surface area (Å²) in [6, 6.07) is 7.18. The second-order valence-electron chi connectivity index (χ2n) is 6.59. The predicted octanol–water partition coefficient (Wildman–Crippen LogP) is 2.13. The SMILES string of the molecule is CC[C@H](C)[C@H]1C(=O)Nc2ccccc2CN1C(=O)[C@H]1CCCN1. The number of anilines is 1. The lowest BCUT2D eigenvalue weighted by Crippen LogP contribution is -2.53. The smallest absolute Gasteiger partial charge is 0.247 e. The van der Waals surface area contributed by atoms with Crippen LogP contribution < -0.4 is 10.6 Å². The maximum Gasteiger partial charge on any atom is 0.247 e. The number of amides is 2. The van der Waals surface area contributed by atoms with Crippen molar-refractivity contribution < 1.29 is 9.59 Å². The molecule has 23 heavy (non-hydrogen) atoms. The zero-order valence-corrected chi connectivity index (χ0v) is 13.8. The lowest BCUT2D eigenvalue weighted by molar-refractivity contribution is -0.142. The zero-order valence-electron chi connectivity index (χ0n) is 13.8. The van der Waals surface area contributed by atoms with Crippen molar-refractivity contribution in [3.8, 4) is 0 Å². The van der Waals surface area contributed by atoms with Crippen LogP contribution in [0.15, 0.2) is 24.3 Å². The summed E-state index contributed by atoms with van der Waals surface area (Å²) in [5.41, 5.74) is 1.82. The zero-order chi connectivity index (χ0) is 16.4. The lowest BCUT2D eigenvalue weighted by atomic mass is 9.96. The maximum atomic E-state index is 13.0. The highest BCUT2D eigenvalue weighted by molar-refractivity contribution is 5.99. The van der Waals surface area contributed by atoms with Gasteiger partial charge in [0, 0.05) is 12.2 Å². The monoisotopic (exact) mass is 315 g/mol. The van der Waals surface area contributed by atoms with Gasteiger partial charge in [-0.1, -0.05) is 38.5 Å². The normalized spacial score (nSPS) is 25.5. The minimum Gasteiger partial charge on any atom is -0.325 e. The molecule has 1 saturated heterocycles. The topological polar surface area (TPSA) is 61.4 Å². The van der Waals surface area contributed by atoms with Gasteiger partial charge in [-0.15, -0.1) is 0 Å². The van der Waals surface area contributed by atoms with Crippen LogP contribution in [0.2, 0.25) is 0 Å². The number of hydrogen-bond donors (Lipinski definition) is 2. The van der Waals surface area contributed by atoms with E-state index >= 15 is 0 Å². The maximum absolute atomic E-state index is 13.0. The van der Waals surface area contributed by atoms with E-state index < -0.39 is 6.04 Å². The van der Waals surface area contributed by atoms with E-state index in [0.29, 0.717) is 6.54 Å². The second-order valence-corrected chi connectivity index (χ2v) is 6.59. The van der Waals surface area contributed by atoms with E-state index in [-0.39, 0.29) is 23.8 Å². The molecular formula is C18H25N3O2.